The Labute approximate surface area is 119 Å². The first-order chi connectivity index (χ1) is 9.65. The highest BCUT2D eigenvalue weighted by atomic mass is 16.5. The van der Waals surface area contributed by atoms with E-state index in [9.17, 15) is 9.90 Å². The minimum absolute atomic E-state index is 0.0774. The fourth-order valence-corrected chi connectivity index (χ4v) is 2.38. The lowest BCUT2D eigenvalue weighted by Crippen LogP contribution is -2.45. The Bertz CT molecular complexity index is 433. The van der Waals surface area contributed by atoms with E-state index in [0.717, 1.165) is 25.7 Å². The van der Waals surface area contributed by atoms with Gasteiger partial charge >= 0.3 is 0 Å². The van der Waals surface area contributed by atoms with Crippen LogP contribution >= 0.6 is 0 Å². The van der Waals surface area contributed by atoms with E-state index in [4.69, 9.17) is 10.5 Å². The Hall–Kier alpha value is -1.75. The van der Waals surface area contributed by atoms with E-state index in [1.165, 1.54) is 0 Å². The van der Waals surface area contributed by atoms with Crippen LogP contribution in [0.4, 0.5) is 5.69 Å². The number of nitrogens with two attached hydrogens (primary N) is 1. The van der Waals surface area contributed by atoms with E-state index >= 15 is 0 Å². The molecule has 4 N–H and O–H groups in total. The van der Waals surface area contributed by atoms with Crippen molar-refractivity contribution in [3.8, 4) is 5.75 Å². The van der Waals surface area contributed by atoms with Crippen LogP contribution in [0, 0.1) is 0 Å². The fraction of sp³-hybridized carbons (Fsp3) is 0.533. The van der Waals surface area contributed by atoms with Crippen LogP contribution in [-0.2, 0) is 4.79 Å². The van der Waals surface area contributed by atoms with Crippen molar-refractivity contribution in [2.45, 2.75) is 44.2 Å². The van der Waals surface area contributed by atoms with Crippen molar-refractivity contribution >= 4 is 11.6 Å². The zero-order valence-electron chi connectivity index (χ0n) is 11.5. The Morgan fingerprint density at radius 1 is 1.30 bits per heavy atom. The molecular formula is C15H22N2O3. The smallest absolute Gasteiger partial charge is 0.223 e. The molecule has 1 aliphatic carbocycles. The van der Waals surface area contributed by atoms with Gasteiger partial charge in [0, 0.05) is 5.69 Å². The molecule has 5 heteroatoms. The van der Waals surface area contributed by atoms with Crippen molar-refractivity contribution < 1.29 is 14.6 Å². The van der Waals surface area contributed by atoms with E-state index < -0.39 is 6.10 Å². The standard InChI is InChI=1S/C15H22N2O3/c16-11-5-7-12(8-6-11)20-10-9-15(19)17-13-3-1-2-4-14(13)18/h5-8,13-14,18H,1-4,9-10,16H2,(H,17,19)/t13-,14-/m0/s1. The minimum Gasteiger partial charge on any atom is -0.493 e. The first-order valence-corrected chi connectivity index (χ1v) is 7.11. The largest absolute Gasteiger partial charge is 0.493 e. The maximum Gasteiger partial charge on any atom is 0.223 e. The van der Waals surface area contributed by atoms with Crippen molar-refractivity contribution in [3.63, 3.8) is 0 Å². The summed E-state index contributed by atoms with van der Waals surface area (Å²) in [6.07, 6.45) is 3.59. The van der Waals surface area contributed by atoms with Crippen LogP contribution < -0.4 is 15.8 Å². The number of aliphatic hydroxyl groups excluding tert-OH is 1. The molecule has 0 aromatic heterocycles. The summed E-state index contributed by atoms with van der Waals surface area (Å²) in [7, 11) is 0. The fourth-order valence-electron chi connectivity index (χ4n) is 2.38. The molecule has 1 saturated carbocycles. The molecular weight excluding hydrogens is 256 g/mol. The molecule has 1 aliphatic rings. The number of carbonyl (C=O) groups is 1. The molecule has 2 rings (SSSR count). The monoisotopic (exact) mass is 278 g/mol. The molecule has 110 valence electrons. The summed E-state index contributed by atoms with van der Waals surface area (Å²) in [5, 5.41) is 12.7. The first-order valence-electron chi connectivity index (χ1n) is 7.11. The summed E-state index contributed by atoms with van der Waals surface area (Å²) in [4.78, 5) is 11.8. The molecule has 1 amide bonds. The van der Waals surface area contributed by atoms with Gasteiger partial charge in [0.05, 0.1) is 25.2 Å². The molecule has 20 heavy (non-hydrogen) atoms. The molecule has 1 aromatic rings. The van der Waals surface area contributed by atoms with Crippen LogP contribution in [-0.4, -0.2) is 29.8 Å². The summed E-state index contributed by atoms with van der Waals surface area (Å²) >= 11 is 0. The number of rotatable bonds is 5. The van der Waals surface area contributed by atoms with Crippen LogP contribution in [0.3, 0.4) is 0 Å². The van der Waals surface area contributed by atoms with Gasteiger partial charge in [0.25, 0.3) is 0 Å². The number of amides is 1. The minimum atomic E-state index is -0.411. The first kappa shape index (κ1) is 14.7. The van der Waals surface area contributed by atoms with Gasteiger partial charge in [0.2, 0.25) is 5.91 Å². The van der Waals surface area contributed by atoms with Gasteiger partial charge in [-0.25, -0.2) is 0 Å². The van der Waals surface area contributed by atoms with Crippen LogP contribution in [0.5, 0.6) is 5.75 Å². The lowest BCUT2D eigenvalue weighted by atomic mass is 9.92. The van der Waals surface area contributed by atoms with Crippen molar-refractivity contribution in [2.75, 3.05) is 12.3 Å². The molecule has 0 unspecified atom stereocenters. The SMILES string of the molecule is Nc1ccc(OCCC(=O)N[C@H]2CCCC[C@@H]2O)cc1. The van der Waals surface area contributed by atoms with Gasteiger partial charge < -0.3 is 20.9 Å². The van der Waals surface area contributed by atoms with Crippen LogP contribution in [0.1, 0.15) is 32.1 Å². The van der Waals surface area contributed by atoms with Gasteiger partial charge in [-0.2, -0.15) is 0 Å². The van der Waals surface area contributed by atoms with Crippen LogP contribution in [0.25, 0.3) is 0 Å². The lowest BCUT2D eigenvalue weighted by molar-refractivity contribution is -0.123. The van der Waals surface area contributed by atoms with Crippen molar-refractivity contribution in [1.29, 1.82) is 0 Å². The summed E-state index contributed by atoms with van der Waals surface area (Å²) in [6, 6.07) is 6.96. The maximum absolute atomic E-state index is 11.8. The predicted octanol–water partition coefficient (Wildman–Crippen LogP) is 1.46. The topological polar surface area (TPSA) is 84.6 Å². The van der Waals surface area contributed by atoms with Crippen molar-refractivity contribution in [2.24, 2.45) is 0 Å². The quantitative estimate of drug-likeness (QED) is 0.712. The van der Waals surface area contributed by atoms with E-state index in [2.05, 4.69) is 5.32 Å². The molecule has 1 aromatic carbocycles. The summed E-state index contributed by atoms with van der Waals surface area (Å²) < 4.78 is 5.47. The molecule has 0 saturated heterocycles. The maximum atomic E-state index is 11.8. The molecule has 5 nitrogen and oxygen atoms in total. The summed E-state index contributed by atoms with van der Waals surface area (Å²) in [5.74, 6) is 0.621. The van der Waals surface area contributed by atoms with Crippen LogP contribution in [0.15, 0.2) is 24.3 Å². The highest BCUT2D eigenvalue weighted by molar-refractivity contribution is 5.76. The predicted molar refractivity (Wildman–Crippen MR) is 77.4 cm³/mol. The number of hydrogen-bond acceptors (Lipinski definition) is 4. The van der Waals surface area contributed by atoms with Gasteiger partial charge in [0.1, 0.15) is 5.75 Å². The Morgan fingerprint density at radius 2 is 2.00 bits per heavy atom. The molecule has 0 bridgehead atoms. The number of nitrogens with one attached hydrogen (secondary N) is 1. The molecule has 0 aliphatic heterocycles. The normalized spacial score (nSPS) is 22.2. The van der Waals surface area contributed by atoms with E-state index in [-0.39, 0.29) is 18.4 Å². The number of aliphatic hydroxyl groups is 1. The third kappa shape index (κ3) is 4.42. The van der Waals surface area contributed by atoms with E-state index in [1.54, 1.807) is 24.3 Å². The van der Waals surface area contributed by atoms with Crippen molar-refractivity contribution in [1.82, 2.24) is 5.32 Å². The summed E-state index contributed by atoms with van der Waals surface area (Å²) in [6.45, 7) is 0.318. The Balaban J connectivity index is 1.68. The Kier molecular flexibility index (Phi) is 5.24. The third-order valence-electron chi connectivity index (χ3n) is 3.55. The van der Waals surface area contributed by atoms with Gasteiger partial charge in [-0.1, -0.05) is 12.8 Å². The average Bonchev–Trinajstić information content (AvgIpc) is 2.44. The number of anilines is 1. The van der Waals surface area contributed by atoms with Gasteiger partial charge in [0.15, 0.2) is 0 Å². The third-order valence-corrected chi connectivity index (χ3v) is 3.55. The summed E-state index contributed by atoms with van der Waals surface area (Å²) in [5.41, 5.74) is 6.26. The lowest BCUT2D eigenvalue weighted by Gasteiger charge is -2.28. The molecule has 2 atom stereocenters. The van der Waals surface area contributed by atoms with Gasteiger partial charge in [-0.3, -0.25) is 4.79 Å². The zero-order valence-corrected chi connectivity index (χ0v) is 11.5. The number of benzene rings is 1. The number of carbonyl (C=O) groups excluding carboxylic acids is 1. The highest BCUT2D eigenvalue weighted by Gasteiger charge is 2.24. The molecule has 1 fully saturated rings. The second-order valence-electron chi connectivity index (χ2n) is 5.19. The highest BCUT2D eigenvalue weighted by Crippen LogP contribution is 2.18. The second kappa shape index (κ2) is 7.14. The van der Waals surface area contributed by atoms with Crippen LogP contribution in [0.2, 0.25) is 0 Å². The van der Waals surface area contributed by atoms with E-state index in [1.807, 2.05) is 0 Å². The van der Waals surface area contributed by atoms with Gasteiger partial charge in [-0.05, 0) is 37.1 Å². The zero-order chi connectivity index (χ0) is 14.4. The second-order valence-corrected chi connectivity index (χ2v) is 5.19. The molecule has 0 radical (unpaired) electrons. The Morgan fingerprint density at radius 3 is 2.70 bits per heavy atom. The van der Waals surface area contributed by atoms with E-state index in [0.29, 0.717) is 18.0 Å². The average molecular weight is 278 g/mol. The van der Waals surface area contributed by atoms with Gasteiger partial charge in [-0.15, -0.1) is 0 Å². The molecule has 0 heterocycles. The number of hydrogen-bond donors (Lipinski definition) is 3. The molecule has 0 spiro atoms. The van der Waals surface area contributed by atoms with Crippen molar-refractivity contribution in [3.05, 3.63) is 24.3 Å². The number of ether oxygens (including phenoxy) is 1. The number of nitrogen functional groups attached to an aromatic ring is 1.